The van der Waals surface area contributed by atoms with Crippen LogP contribution in [0.3, 0.4) is 0 Å². The molecular weight excluding hydrogens is 180 g/mol. The van der Waals surface area contributed by atoms with E-state index in [0.717, 1.165) is 26.1 Å². The third-order valence-electron chi connectivity index (χ3n) is 2.93. The number of likely N-dealkylation sites (tertiary alicyclic amines) is 2. The molecule has 0 spiro atoms. The van der Waals surface area contributed by atoms with Crippen LogP contribution in [0.5, 0.6) is 0 Å². The van der Waals surface area contributed by atoms with Crippen molar-refractivity contribution >= 4 is 11.8 Å². The zero-order chi connectivity index (χ0) is 10.1. The number of hydrogen-bond donors (Lipinski definition) is 0. The van der Waals surface area contributed by atoms with Crippen molar-refractivity contribution in [2.45, 2.75) is 32.2 Å². The largest absolute Gasteiger partial charge is 0.299 e. The summed E-state index contributed by atoms with van der Waals surface area (Å²) in [5, 5.41) is 0. The van der Waals surface area contributed by atoms with Crippen molar-refractivity contribution in [1.82, 2.24) is 9.80 Å². The highest BCUT2D eigenvalue weighted by Crippen LogP contribution is 2.22. The van der Waals surface area contributed by atoms with E-state index in [1.807, 2.05) is 0 Å². The van der Waals surface area contributed by atoms with Crippen molar-refractivity contribution in [3.63, 3.8) is 0 Å². The summed E-state index contributed by atoms with van der Waals surface area (Å²) >= 11 is 0. The smallest absolute Gasteiger partial charge is 0.230 e. The Labute approximate surface area is 83.9 Å². The molecule has 14 heavy (non-hydrogen) atoms. The normalized spacial score (nSPS) is 24.5. The Balaban J connectivity index is 1.86. The van der Waals surface area contributed by atoms with E-state index in [9.17, 15) is 9.59 Å². The molecule has 2 aliphatic rings. The van der Waals surface area contributed by atoms with Crippen LogP contribution in [0.15, 0.2) is 0 Å². The van der Waals surface area contributed by atoms with E-state index in [4.69, 9.17) is 0 Å². The van der Waals surface area contributed by atoms with E-state index < -0.39 is 0 Å². The molecular formula is C10H16N2O2. The van der Waals surface area contributed by atoms with Crippen molar-refractivity contribution in [2.24, 2.45) is 0 Å². The lowest BCUT2D eigenvalue weighted by molar-refractivity contribution is -0.145. The maximum absolute atomic E-state index is 11.4. The molecule has 0 unspecified atom stereocenters. The number of nitrogens with zero attached hydrogens (tertiary/aromatic N) is 2. The number of rotatable bonds is 3. The second-order valence-corrected chi connectivity index (χ2v) is 4.07. The summed E-state index contributed by atoms with van der Waals surface area (Å²) < 4.78 is 0. The molecule has 2 rings (SSSR count). The minimum atomic E-state index is 0.0242. The topological polar surface area (TPSA) is 40.6 Å². The van der Waals surface area contributed by atoms with Crippen molar-refractivity contribution in [3.8, 4) is 0 Å². The van der Waals surface area contributed by atoms with E-state index in [-0.39, 0.29) is 17.9 Å². The fraction of sp³-hybridized carbons (Fsp3) is 0.800. The summed E-state index contributed by atoms with van der Waals surface area (Å²) in [5.74, 6) is 0.0484. The summed E-state index contributed by atoms with van der Waals surface area (Å²) in [6.07, 6.45) is 1.97. The molecule has 0 bridgehead atoms. The molecule has 0 saturated carbocycles. The number of carbonyl (C=O) groups is 2. The van der Waals surface area contributed by atoms with Crippen molar-refractivity contribution < 1.29 is 9.59 Å². The van der Waals surface area contributed by atoms with Crippen LogP contribution in [0.1, 0.15) is 26.2 Å². The summed E-state index contributed by atoms with van der Waals surface area (Å²) in [5.41, 5.74) is 0. The van der Waals surface area contributed by atoms with Crippen molar-refractivity contribution in [3.05, 3.63) is 0 Å². The highest BCUT2D eigenvalue weighted by molar-refractivity contribution is 6.02. The zero-order valence-corrected chi connectivity index (χ0v) is 8.53. The SMILES string of the molecule is CCCN1CC(N2C(=O)CCC2=O)C1. The predicted octanol–water partition coefficient (Wildman–Crippen LogP) is 0.230. The van der Waals surface area contributed by atoms with E-state index >= 15 is 0 Å². The molecule has 0 atom stereocenters. The van der Waals surface area contributed by atoms with Crippen LogP contribution < -0.4 is 0 Å². The fourth-order valence-corrected chi connectivity index (χ4v) is 2.21. The Bertz CT molecular complexity index is 243. The van der Waals surface area contributed by atoms with Gasteiger partial charge in [-0.05, 0) is 13.0 Å². The number of hydrogen-bond acceptors (Lipinski definition) is 3. The van der Waals surface area contributed by atoms with Gasteiger partial charge in [0.2, 0.25) is 11.8 Å². The molecule has 2 heterocycles. The molecule has 0 aromatic rings. The van der Waals surface area contributed by atoms with Gasteiger partial charge in [0.25, 0.3) is 0 Å². The van der Waals surface area contributed by atoms with Crippen LogP contribution in [0.25, 0.3) is 0 Å². The Morgan fingerprint density at radius 3 is 2.29 bits per heavy atom. The maximum atomic E-state index is 11.4. The van der Waals surface area contributed by atoms with Gasteiger partial charge in [-0.25, -0.2) is 0 Å². The third kappa shape index (κ3) is 1.54. The highest BCUT2D eigenvalue weighted by Gasteiger charge is 2.40. The van der Waals surface area contributed by atoms with E-state index in [0.29, 0.717) is 12.8 Å². The minimum absolute atomic E-state index is 0.0242. The molecule has 78 valence electrons. The van der Waals surface area contributed by atoms with Crippen LogP contribution in [0, 0.1) is 0 Å². The lowest BCUT2D eigenvalue weighted by Gasteiger charge is -2.42. The second kappa shape index (κ2) is 3.69. The average molecular weight is 196 g/mol. The molecule has 0 radical (unpaired) electrons. The van der Waals surface area contributed by atoms with Gasteiger partial charge in [-0.1, -0.05) is 6.92 Å². The molecule has 2 saturated heterocycles. The summed E-state index contributed by atoms with van der Waals surface area (Å²) in [4.78, 5) is 26.5. The Hall–Kier alpha value is -0.900. The summed E-state index contributed by atoms with van der Waals surface area (Å²) in [7, 11) is 0. The predicted molar refractivity (Wildman–Crippen MR) is 51.6 cm³/mol. The van der Waals surface area contributed by atoms with E-state index in [1.54, 1.807) is 0 Å². The summed E-state index contributed by atoms with van der Waals surface area (Å²) in [6, 6.07) is 0.170. The van der Waals surface area contributed by atoms with Crippen LogP contribution in [-0.2, 0) is 9.59 Å². The van der Waals surface area contributed by atoms with Gasteiger partial charge < -0.3 is 0 Å². The van der Waals surface area contributed by atoms with Gasteiger partial charge in [-0.2, -0.15) is 0 Å². The van der Waals surface area contributed by atoms with E-state index in [1.165, 1.54) is 4.90 Å². The van der Waals surface area contributed by atoms with Gasteiger partial charge in [0, 0.05) is 25.9 Å². The number of carbonyl (C=O) groups excluding carboxylic acids is 2. The monoisotopic (exact) mass is 196 g/mol. The first-order valence-electron chi connectivity index (χ1n) is 5.29. The molecule has 0 aromatic carbocycles. The van der Waals surface area contributed by atoms with Gasteiger partial charge >= 0.3 is 0 Å². The number of imide groups is 1. The molecule has 0 aliphatic carbocycles. The second-order valence-electron chi connectivity index (χ2n) is 4.07. The molecule has 0 aromatic heterocycles. The third-order valence-corrected chi connectivity index (χ3v) is 2.93. The lowest BCUT2D eigenvalue weighted by atomic mass is 10.1. The van der Waals surface area contributed by atoms with Crippen molar-refractivity contribution in [1.29, 1.82) is 0 Å². The highest BCUT2D eigenvalue weighted by atomic mass is 16.2. The quantitative estimate of drug-likeness (QED) is 0.607. The molecule has 2 amide bonds. The fourth-order valence-electron chi connectivity index (χ4n) is 2.21. The molecule has 0 N–H and O–H groups in total. The lowest BCUT2D eigenvalue weighted by Crippen LogP contribution is -2.60. The molecule has 4 heteroatoms. The Morgan fingerprint density at radius 1 is 1.21 bits per heavy atom. The first-order chi connectivity index (χ1) is 6.72. The standard InChI is InChI=1S/C10H16N2O2/c1-2-5-11-6-8(7-11)12-9(13)3-4-10(12)14/h8H,2-7H2,1H3. The van der Waals surface area contributed by atoms with Crippen LogP contribution in [-0.4, -0.2) is 47.3 Å². The van der Waals surface area contributed by atoms with Crippen LogP contribution >= 0.6 is 0 Å². The first-order valence-corrected chi connectivity index (χ1v) is 5.29. The van der Waals surface area contributed by atoms with Crippen LogP contribution in [0.4, 0.5) is 0 Å². The van der Waals surface area contributed by atoms with Gasteiger partial charge in [0.1, 0.15) is 0 Å². The van der Waals surface area contributed by atoms with Gasteiger partial charge in [-0.15, -0.1) is 0 Å². The average Bonchev–Trinajstić information content (AvgIpc) is 2.40. The van der Waals surface area contributed by atoms with Crippen LogP contribution in [0.2, 0.25) is 0 Å². The molecule has 4 nitrogen and oxygen atoms in total. The zero-order valence-electron chi connectivity index (χ0n) is 8.53. The Kier molecular flexibility index (Phi) is 2.54. The van der Waals surface area contributed by atoms with Crippen molar-refractivity contribution in [2.75, 3.05) is 19.6 Å². The van der Waals surface area contributed by atoms with Gasteiger partial charge in [0.05, 0.1) is 6.04 Å². The Morgan fingerprint density at radius 2 is 1.79 bits per heavy atom. The minimum Gasteiger partial charge on any atom is -0.299 e. The molecule has 2 fully saturated rings. The first kappa shape index (κ1) is 9.65. The van der Waals surface area contributed by atoms with Gasteiger partial charge in [-0.3, -0.25) is 19.4 Å². The van der Waals surface area contributed by atoms with E-state index in [2.05, 4.69) is 11.8 Å². The van der Waals surface area contributed by atoms with Gasteiger partial charge in [0.15, 0.2) is 0 Å². The maximum Gasteiger partial charge on any atom is 0.230 e. The molecule has 2 aliphatic heterocycles. The summed E-state index contributed by atoms with van der Waals surface area (Å²) in [6.45, 7) is 4.98. The number of amides is 2.